The Morgan fingerprint density at radius 1 is 0.864 bits per heavy atom. The molecule has 1 spiro atoms. The predicted octanol–water partition coefficient (Wildman–Crippen LogP) is 7.95. The standard InChI is InChI=1S/C37H60O5Si2/c1-27(2)43(28(3)4,29(5)6)42-34-26-31(41-37(35(34)38)24-17-18-30(7)40-37)23-25-39-44(36(8,9)10,32-19-13-11-14-20-32)33-21-15-12-16-22-33/h11-16,19-22,27-31,34-35,38H,17-18,23-26H2,1-10H3/t30-,31+,34-,35+,37+/m0/s1. The van der Waals surface area contributed by atoms with Gasteiger partial charge < -0.3 is 23.4 Å². The molecule has 4 rings (SSSR count). The lowest BCUT2D eigenvalue weighted by Gasteiger charge is -2.54. The average molecular weight is 641 g/mol. The van der Waals surface area contributed by atoms with Crippen LogP contribution >= 0.6 is 0 Å². The Balaban J connectivity index is 1.66. The Kier molecular flexibility index (Phi) is 11.5. The number of hydrogen-bond donors (Lipinski definition) is 1. The normalized spacial score (nSPS) is 27.0. The van der Waals surface area contributed by atoms with E-state index in [0.29, 0.717) is 36.1 Å². The van der Waals surface area contributed by atoms with Crippen LogP contribution in [0.3, 0.4) is 0 Å². The molecule has 0 aromatic heterocycles. The van der Waals surface area contributed by atoms with Gasteiger partial charge in [0, 0.05) is 19.4 Å². The second-order valence-electron chi connectivity index (χ2n) is 15.3. The van der Waals surface area contributed by atoms with Gasteiger partial charge in [0.05, 0.1) is 18.3 Å². The van der Waals surface area contributed by atoms with E-state index in [4.69, 9.17) is 18.3 Å². The molecule has 0 amide bonds. The molecule has 44 heavy (non-hydrogen) atoms. The minimum atomic E-state index is -2.67. The first-order chi connectivity index (χ1) is 20.7. The summed E-state index contributed by atoms with van der Waals surface area (Å²) in [5.74, 6) is -1.03. The summed E-state index contributed by atoms with van der Waals surface area (Å²) in [5, 5.41) is 14.4. The van der Waals surface area contributed by atoms with Gasteiger partial charge in [-0.3, -0.25) is 0 Å². The highest BCUT2D eigenvalue weighted by atomic mass is 28.4. The van der Waals surface area contributed by atoms with E-state index in [1.807, 2.05) is 0 Å². The lowest BCUT2D eigenvalue weighted by molar-refractivity contribution is -0.364. The van der Waals surface area contributed by atoms with Crippen LogP contribution in [0.1, 0.15) is 101 Å². The smallest absolute Gasteiger partial charge is 0.261 e. The molecule has 2 heterocycles. The van der Waals surface area contributed by atoms with Gasteiger partial charge in [-0.05, 0) is 58.2 Å². The number of rotatable bonds is 11. The van der Waals surface area contributed by atoms with Crippen LogP contribution in [0.4, 0.5) is 0 Å². The third kappa shape index (κ3) is 6.85. The Morgan fingerprint density at radius 3 is 1.84 bits per heavy atom. The van der Waals surface area contributed by atoms with E-state index < -0.39 is 28.5 Å². The van der Waals surface area contributed by atoms with Crippen molar-refractivity contribution in [3.05, 3.63) is 60.7 Å². The van der Waals surface area contributed by atoms with Gasteiger partial charge in [-0.15, -0.1) is 0 Å². The van der Waals surface area contributed by atoms with Crippen LogP contribution in [-0.4, -0.2) is 58.6 Å². The van der Waals surface area contributed by atoms with E-state index in [1.165, 1.54) is 10.4 Å². The molecule has 5 atom stereocenters. The predicted molar refractivity (Wildman–Crippen MR) is 187 cm³/mol. The molecule has 1 N–H and O–H groups in total. The highest BCUT2D eigenvalue weighted by Gasteiger charge is 2.57. The fraction of sp³-hybridized carbons (Fsp3) is 0.676. The number of aliphatic hydroxyl groups excluding tert-OH is 1. The largest absolute Gasteiger partial charge is 0.410 e. The van der Waals surface area contributed by atoms with Crippen molar-refractivity contribution < 1.29 is 23.4 Å². The lowest BCUT2D eigenvalue weighted by Crippen LogP contribution is -2.67. The van der Waals surface area contributed by atoms with E-state index in [1.54, 1.807) is 0 Å². The first-order valence-electron chi connectivity index (χ1n) is 17.2. The van der Waals surface area contributed by atoms with Gasteiger partial charge in [-0.1, -0.05) is 123 Å². The van der Waals surface area contributed by atoms with Crippen molar-refractivity contribution in [2.45, 2.75) is 153 Å². The summed E-state index contributed by atoms with van der Waals surface area (Å²) in [6, 6.07) is 21.6. The third-order valence-corrected chi connectivity index (χ3v) is 21.6. The number of aliphatic hydroxyl groups is 1. The van der Waals surface area contributed by atoms with Gasteiger partial charge in [-0.2, -0.15) is 0 Å². The summed E-state index contributed by atoms with van der Waals surface area (Å²) in [7, 11) is -4.92. The van der Waals surface area contributed by atoms with Gasteiger partial charge in [0.15, 0.2) is 5.79 Å². The molecule has 2 aliphatic rings. The molecule has 0 bridgehead atoms. The van der Waals surface area contributed by atoms with Crippen LogP contribution in [0.15, 0.2) is 60.7 Å². The van der Waals surface area contributed by atoms with Gasteiger partial charge in [-0.25, -0.2) is 0 Å². The molecule has 246 valence electrons. The Bertz CT molecular complexity index is 1100. The van der Waals surface area contributed by atoms with Crippen molar-refractivity contribution in [2.75, 3.05) is 6.61 Å². The number of ether oxygens (including phenoxy) is 2. The fourth-order valence-electron chi connectivity index (χ4n) is 8.53. The van der Waals surface area contributed by atoms with Crippen LogP contribution < -0.4 is 10.4 Å². The SMILES string of the molecule is CC(C)[Si](O[C@H]1C[C@@H](CCO[Si](c2ccccc2)(c2ccccc2)C(C)(C)C)O[C@]2(CCC[C@H](C)O2)[C@@H]1O)(C(C)C)C(C)C. The molecular formula is C37H60O5Si2. The van der Waals surface area contributed by atoms with Crippen molar-refractivity contribution in [1.29, 1.82) is 0 Å². The Morgan fingerprint density at radius 2 is 1.39 bits per heavy atom. The lowest BCUT2D eigenvalue weighted by atomic mass is 9.88. The van der Waals surface area contributed by atoms with E-state index in [9.17, 15) is 5.11 Å². The van der Waals surface area contributed by atoms with Crippen molar-refractivity contribution in [3.8, 4) is 0 Å². The topological polar surface area (TPSA) is 57.2 Å². The molecule has 5 nitrogen and oxygen atoms in total. The van der Waals surface area contributed by atoms with E-state index in [0.717, 1.165) is 19.3 Å². The minimum absolute atomic E-state index is 0.0356. The zero-order valence-electron chi connectivity index (χ0n) is 29.1. The maximum atomic E-state index is 12.0. The van der Waals surface area contributed by atoms with Gasteiger partial charge in [0.1, 0.15) is 6.10 Å². The summed E-state index contributed by atoms with van der Waals surface area (Å²) < 4.78 is 28.0. The highest BCUT2D eigenvalue weighted by molar-refractivity contribution is 6.99. The first-order valence-corrected chi connectivity index (χ1v) is 21.2. The number of benzene rings is 2. The maximum absolute atomic E-state index is 12.0. The Hall–Kier alpha value is -1.33. The molecular weight excluding hydrogens is 581 g/mol. The molecule has 2 aromatic carbocycles. The van der Waals surface area contributed by atoms with Crippen LogP contribution in [0.25, 0.3) is 0 Å². The van der Waals surface area contributed by atoms with Gasteiger partial charge >= 0.3 is 0 Å². The molecule has 2 aliphatic heterocycles. The van der Waals surface area contributed by atoms with Crippen molar-refractivity contribution in [1.82, 2.24) is 0 Å². The van der Waals surface area contributed by atoms with Crippen molar-refractivity contribution >= 4 is 27.0 Å². The van der Waals surface area contributed by atoms with Gasteiger partial charge in [0.2, 0.25) is 8.32 Å². The zero-order valence-corrected chi connectivity index (χ0v) is 31.1. The molecule has 2 saturated heterocycles. The fourth-order valence-corrected chi connectivity index (χ4v) is 18.7. The van der Waals surface area contributed by atoms with Crippen LogP contribution in [0.5, 0.6) is 0 Å². The van der Waals surface area contributed by atoms with E-state index in [2.05, 4.69) is 130 Å². The van der Waals surface area contributed by atoms with Crippen molar-refractivity contribution in [2.24, 2.45) is 0 Å². The molecule has 0 radical (unpaired) electrons. The maximum Gasteiger partial charge on any atom is 0.261 e. The average Bonchev–Trinajstić information content (AvgIpc) is 2.96. The minimum Gasteiger partial charge on any atom is -0.410 e. The monoisotopic (exact) mass is 640 g/mol. The van der Waals surface area contributed by atoms with Crippen molar-refractivity contribution in [3.63, 3.8) is 0 Å². The van der Waals surface area contributed by atoms with Crippen LogP contribution in [0.2, 0.25) is 21.7 Å². The summed E-state index contributed by atoms with van der Waals surface area (Å²) >= 11 is 0. The van der Waals surface area contributed by atoms with Crippen LogP contribution in [0, 0.1) is 0 Å². The first kappa shape index (κ1) is 35.5. The quantitative estimate of drug-likeness (QED) is 0.253. The third-order valence-electron chi connectivity index (χ3n) is 10.4. The molecule has 0 aliphatic carbocycles. The number of hydrogen-bond acceptors (Lipinski definition) is 5. The Labute approximate surface area is 270 Å². The second-order valence-corrected chi connectivity index (χ2v) is 25.0. The van der Waals surface area contributed by atoms with E-state index in [-0.39, 0.29) is 23.4 Å². The molecule has 2 aromatic rings. The summed E-state index contributed by atoms with van der Waals surface area (Å²) in [6.45, 7) is 23.5. The second kappa shape index (κ2) is 14.2. The zero-order chi connectivity index (χ0) is 32.3. The highest BCUT2D eigenvalue weighted by Crippen LogP contribution is 2.48. The molecule has 0 saturated carbocycles. The molecule has 7 heteroatoms. The van der Waals surface area contributed by atoms with Crippen LogP contribution in [-0.2, 0) is 18.3 Å². The summed E-state index contributed by atoms with van der Waals surface area (Å²) in [5.41, 5.74) is 1.28. The van der Waals surface area contributed by atoms with Gasteiger partial charge in [0.25, 0.3) is 8.32 Å². The van der Waals surface area contributed by atoms with E-state index >= 15 is 0 Å². The summed E-state index contributed by atoms with van der Waals surface area (Å²) in [6.07, 6.45) is 2.75. The molecule has 0 unspecified atom stereocenters. The molecule has 2 fully saturated rings. The summed E-state index contributed by atoms with van der Waals surface area (Å²) in [4.78, 5) is 0.